The molecule has 0 atom stereocenters. The van der Waals surface area contributed by atoms with Crippen LogP contribution in [-0.4, -0.2) is 6.71 Å². The van der Waals surface area contributed by atoms with Crippen LogP contribution >= 0.6 is 0 Å². The van der Waals surface area contributed by atoms with Crippen LogP contribution in [0.4, 0.5) is 0 Å². The molecule has 1 aliphatic rings. The topological polar surface area (TPSA) is 0 Å². The van der Waals surface area contributed by atoms with Gasteiger partial charge in [-0.25, -0.2) is 0 Å². The fourth-order valence-electron chi connectivity index (χ4n) is 1.39. The molecule has 1 aliphatic heterocycles. The molecule has 0 N–H and O–H groups in total. The van der Waals surface area contributed by atoms with Crippen molar-refractivity contribution in [3.05, 3.63) is 88.6 Å². The van der Waals surface area contributed by atoms with Crippen LogP contribution in [0, 0.1) is 31.9 Å². The molecule has 0 nitrogen and oxygen atoms in total. The number of rotatable bonds is 1. The molecule has 2 heteroatoms. The third kappa shape index (κ3) is 7.34. The van der Waals surface area contributed by atoms with Gasteiger partial charge in [0.05, 0.1) is 0 Å². The fraction of sp³-hybridized carbons (Fsp3) is 0. The zero-order valence-corrected chi connectivity index (χ0v) is 11.7. The normalized spacial score (nSPS) is 13.1. The van der Waals surface area contributed by atoms with Crippen LogP contribution in [0.5, 0.6) is 0 Å². The first-order valence-corrected chi connectivity index (χ1v) is 5.20. The van der Waals surface area contributed by atoms with Gasteiger partial charge in [0.1, 0.15) is 0 Å². The molecule has 0 aliphatic carbocycles. The summed E-state index contributed by atoms with van der Waals surface area (Å²) >= 11 is 0. The van der Waals surface area contributed by atoms with Gasteiger partial charge < -0.3 is 0 Å². The summed E-state index contributed by atoms with van der Waals surface area (Å²) in [5, 5.41) is 0. The van der Waals surface area contributed by atoms with E-state index < -0.39 is 0 Å². The molecule has 17 heavy (non-hydrogen) atoms. The third-order valence-electron chi connectivity index (χ3n) is 2.04. The first-order chi connectivity index (χ1) is 7.97. The van der Waals surface area contributed by atoms with Gasteiger partial charge in [0, 0.05) is 19.5 Å². The second-order valence-corrected chi connectivity index (χ2v) is 2.90. The van der Waals surface area contributed by atoms with Crippen molar-refractivity contribution in [2.24, 2.45) is 0 Å². The second kappa shape index (κ2) is 13.5. The predicted molar refractivity (Wildman–Crippen MR) is 75.8 cm³/mol. The van der Waals surface area contributed by atoms with E-state index in [-0.39, 0.29) is 19.5 Å². The number of hydrogen-bond donors (Lipinski definition) is 0. The van der Waals surface area contributed by atoms with E-state index in [1.54, 1.807) is 0 Å². The van der Waals surface area contributed by atoms with E-state index in [1.807, 2.05) is 6.07 Å². The van der Waals surface area contributed by atoms with Gasteiger partial charge in [0.15, 0.2) is 6.71 Å². The van der Waals surface area contributed by atoms with Gasteiger partial charge in [-0.05, 0) is 19.3 Å². The first kappa shape index (κ1) is 18.7. The van der Waals surface area contributed by atoms with E-state index >= 15 is 0 Å². The van der Waals surface area contributed by atoms with Crippen molar-refractivity contribution in [1.82, 2.24) is 0 Å². The van der Waals surface area contributed by atoms with Gasteiger partial charge in [0.25, 0.3) is 0 Å². The van der Waals surface area contributed by atoms with E-state index in [0.717, 1.165) is 0 Å². The molecule has 0 aromatic heterocycles. The van der Waals surface area contributed by atoms with Crippen molar-refractivity contribution in [2.75, 3.05) is 0 Å². The SMILES string of the molecule is C=C.C=C.[CH]1[CH][CH]B(c2ccccc2)[CH][CH]1.[Rh]. The summed E-state index contributed by atoms with van der Waals surface area (Å²) in [6, 6.07) is 10.5. The molecule has 0 spiro atoms. The molecule has 1 aromatic carbocycles. The van der Waals surface area contributed by atoms with Crippen LogP contribution in [0.2, 0.25) is 0 Å². The molecule has 6 radical (unpaired) electrons. The molecule has 1 heterocycles. The van der Waals surface area contributed by atoms with Gasteiger partial charge in [-0.15, -0.1) is 26.3 Å². The fourth-order valence-corrected chi connectivity index (χ4v) is 1.39. The van der Waals surface area contributed by atoms with Crippen LogP contribution in [0.1, 0.15) is 0 Å². The standard InChI is InChI=1S/C11H10B.2C2H4.Rh/c1-3-7-11(8-4-1)12-9-5-2-6-10-12;2*1-2;/h1-10H;2*1-2H2;. The monoisotopic (exact) mass is 312 g/mol. The maximum atomic E-state index is 3.00. The minimum atomic E-state index is 0. The molecular weight excluding hydrogens is 294 g/mol. The Labute approximate surface area is 120 Å². The van der Waals surface area contributed by atoms with Gasteiger partial charge in [-0.1, -0.05) is 48.4 Å². The molecule has 0 unspecified atom stereocenters. The van der Waals surface area contributed by atoms with E-state index in [0.29, 0.717) is 6.71 Å². The minimum Gasteiger partial charge on any atom is -0.106 e. The maximum Gasteiger partial charge on any atom is 0.182 e. The van der Waals surface area contributed by atoms with Gasteiger partial charge in [-0.3, -0.25) is 0 Å². The Hall–Kier alpha value is -0.612. The van der Waals surface area contributed by atoms with Crippen molar-refractivity contribution in [3.8, 4) is 0 Å². The van der Waals surface area contributed by atoms with Crippen molar-refractivity contribution in [2.45, 2.75) is 0 Å². The Balaban J connectivity index is 0. The first-order valence-electron chi connectivity index (χ1n) is 5.20. The minimum absolute atomic E-state index is 0. The summed E-state index contributed by atoms with van der Waals surface area (Å²) < 4.78 is 0. The van der Waals surface area contributed by atoms with Crippen LogP contribution < -0.4 is 5.46 Å². The average molecular weight is 312 g/mol. The molecule has 0 amide bonds. The molecular formula is C15H18BRh. The molecule has 1 aromatic rings. The molecule has 0 bridgehead atoms. The van der Waals surface area contributed by atoms with E-state index in [9.17, 15) is 0 Å². The van der Waals surface area contributed by atoms with Crippen molar-refractivity contribution < 1.29 is 19.5 Å². The number of benzene rings is 1. The summed E-state index contributed by atoms with van der Waals surface area (Å²) in [6.07, 6.45) is 10.7. The zero-order valence-electron chi connectivity index (χ0n) is 10.0. The second-order valence-electron chi connectivity index (χ2n) is 2.90. The Morgan fingerprint density at radius 3 is 1.65 bits per heavy atom. The molecule has 2 rings (SSSR count). The van der Waals surface area contributed by atoms with Crippen LogP contribution in [0.15, 0.2) is 56.6 Å². The van der Waals surface area contributed by atoms with Crippen molar-refractivity contribution >= 4 is 12.2 Å². The molecule has 0 saturated carbocycles. The third-order valence-corrected chi connectivity index (χ3v) is 2.04. The summed E-state index contributed by atoms with van der Waals surface area (Å²) in [5.41, 5.74) is 1.36. The summed E-state index contributed by atoms with van der Waals surface area (Å²) in [6.45, 7) is 12.5. The zero-order chi connectivity index (χ0) is 12.2. The summed E-state index contributed by atoms with van der Waals surface area (Å²) in [4.78, 5) is 0. The number of hydrogen-bond acceptors (Lipinski definition) is 0. The quantitative estimate of drug-likeness (QED) is 0.552. The van der Waals surface area contributed by atoms with Gasteiger partial charge in [0.2, 0.25) is 0 Å². The molecule has 1 saturated heterocycles. The van der Waals surface area contributed by atoms with Crippen LogP contribution in [-0.2, 0) is 19.5 Å². The van der Waals surface area contributed by atoms with Gasteiger partial charge in [-0.2, -0.15) is 0 Å². The Morgan fingerprint density at radius 2 is 1.18 bits per heavy atom. The average Bonchev–Trinajstić information content (AvgIpc) is 2.45. The van der Waals surface area contributed by atoms with Crippen molar-refractivity contribution in [3.63, 3.8) is 0 Å². The largest absolute Gasteiger partial charge is 0.182 e. The smallest absolute Gasteiger partial charge is 0.106 e. The molecule has 90 valence electrons. The Morgan fingerprint density at radius 1 is 0.706 bits per heavy atom. The molecule has 1 fully saturated rings. The Kier molecular flexibility index (Phi) is 14.8. The van der Waals surface area contributed by atoms with E-state index in [1.165, 1.54) is 5.46 Å². The van der Waals surface area contributed by atoms with Crippen molar-refractivity contribution in [1.29, 1.82) is 0 Å². The summed E-state index contributed by atoms with van der Waals surface area (Å²) in [7, 11) is 0. The van der Waals surface area contributed by atoms with E-state index in [4.69, 9.17) is 0 Å². The van der Waals surface area contributed by atoms with Crippen LogP contribution in [0.25, 0.3) is 0 Å². The van der Waals surface area contributed by atoms with Gasteiger partial charge >= 0.3 is 0 Å². The Bertz CT molecular complexity index is 253. The summed E-state index contributed by atoms with van der Waals surface area (Å²) in [5.74, 6) is 0. The van der Waals surface area contributed by atoms with E-state index in [2.05, 4.69) is 82.5 Å². The predicted octanol–water partition coefficient (Wildman–Crippen LogP) is 3.10. The van der Waals surface area contributed by atoms with Crippen LogP contribution in [0.3, 0.4) is 0 Å². The maximum absolute atomic E-state index is 3.00.